The zero-order valence-corrected chi connectivity index (χ0v) is 13.6. The molecule has 3 nitrogen and oxygen atoms in total. The maximum absolute atomic E-state index is 6.33. The predicted molar refractivity (Wildman–Crippen MR) is 89.0 cm³/mol. The molecule has 1 aliphatic rings. The molecular formula is C16H19Cl2N3. The summed E-state index contributed by atoms with van der Waals surface area (Å²) in [6.45, 7) is 2.95. The van der Waals surface area contributed by atoms with Gasteiger partial charge in [0.2, 0.25) is 0 Å². The van der Waals surface area contributed by atoms with Crippen LogP contribution in [0.1, 0.15) is 44.3 Å². The van der Waals surface area contributed by atoms with Crippen molar-refractivity contribution in [3.8, 4) is 11.3 Å². The Morgan fingerprint density at radius 1 is 1.24 bits per heavy atom. The van der Waals surface area contributed by atoms with E-state index in [1.807, 2.05) is 12.1 Å². The van der Waals surface area contributed by atoms with Gasteiger partial charge in [-0.3, -0.25) is 0 Å². The second-order valence-electron chi connectivity index (χ2n) is 5.56. The summed E-state index contributed by atoms with van der Waals surface area (Å²) in [6, 6.07) is 5.55. The van der Waals surface area contributed by atoms with Gasteiger partial charge in [-0.2, -0.15) is 0 Å². The Morgan fingerprint density at radius 2 is 1.95 bits per heavy atom. The molecular weight excluding hydrogens is 305 g/mol. The second kappa shape index (κ2) is 5.90. The number of aromatic nitrogens is 2. The number of anilines is 1. The van der Waals surface area contributed by atoms with Gasteiger partial charge >= 0.3 is 0 Å². The van der Waals surface area contributed by atoms with E-state index >= 15 is 0 Å². The maximum atomic E-state index is 6.33. The van der Waals surface area contributed by atoms with Crippen molar-refractivity contribution in [2.75, 3.05) is 5.73 Å². The molecule has 1 aliphatic carbocycles. The number of nitrogens with two attached hydrogens (primary N) is 1. The average molecular weight is 324 g/mol. The Morgan fingerprint density at radius 3 is 2.57 bits per heavy atom. The van der Waals surface area contributed by atoms with Crippen molar-refractivity contribution in [2.24, 2.45) is 0 Å². The third-order valence-electron chi connectivity index (χ3n) is 4.27. The van der Waals surface area contributed by atoms with Crippen LogP contribution in [-0.2, 0) is 6.54 Å². The van der Waals surface area contributed by atoms with E-state index in [4.69, 9.17) is 33.9 Å². The van der Waals surface area contributed by atoms with Crippen LogP contribution in [0.3, 0.4) is 0 Å². The number of benzene rings is 1. The molecule has 0 bridgehead atoms. The van der Waals surface area contributed by atoms with Gasteiger partial charge in [0.15, 0.2) is 0 Å². The van der Waals surface area contributed by atoms with Gasteiger partial charge in [-0.15, -0.1) is 0 Å². The van der Waals surface area contributed by atoms with E-state index in [9.17, 15) is 0 Å². The van der Waals surface area contributed by atoms with Crippen molar-refractivity contribution in [3.05, 3.63) is 34.1 Å². The fourth-order valence-electron chi connectivity index (χ4n) is 3.17. The quantitative estimate of drug-likeness (QED) is 0.852. The maximum Gasteiger partial charge on any atom is 0.131 e. The first-order valence-corrected chi connectivity index (χ1v) is 8.18. The van der Waals surface area contributed by atoms with Gasteiger partial charge in [-0.1, -0.05) is 42.1 Å². The number of hydrogen-bond acceptors (Lipinski definition) is 2. The molecule has 1 fully saturated rings. The molecule has 0 amide bonds. The Labute approximate surface area is 135 Å². The molecule has 2 N–H and O–H groups in total. The van der Waals surface area contributed by atoms with E-state index < -0.39 is 0 Å². The molecule has 112 valence electrons. The molecule has 0 radical (unpaired) electrons. The summed E-state index contributed by atoms with van der Waals surface area (Å²) in [5.74, 6) is 2.37. The molecule has 21 heavy (non-hydrogen) atoms. The lowest BCUT2D eigenvalue weighted by Gasteiger charge is -2.11. The number of imidazole rings is 1. The molecule has 0 atom stereocenters. The molecule has 0 spiro atoms. The van der Waals surface area contributed by atoms with Gasteiger partial charge in [0.1, 0.15) is 17.3 Å². The fraction of sp³-hybridized carbons (Fsp3) is 0.438. The van der Waals surface area contributed by atoms with Gasteiger partial charge in [-0.05, 0) is 31.9 Å². The van der Waals surface area contributed by atoms with Crippen molar-refractivity contribution in [3.63, 3.8) is 0 Å². The van der Waals surface area contributed by atoms with Gasteiger partial charge in [0.25, 0.3) is 0 Å². The summed E-state index contributed by atoms with van der Waals surface area (Å²) in [4.78, 5) is 4.84. The zero-order valence-electron chi connectivity index (χ0n) is 12.1. The van der Waals surface area contributed by atoms with Gasteiger partial charge in [0.05, 0.1) is 10.0 Å². The minimum atomic E-state index is 0.530. The summed E-state index contributed by atoms with van der Waals surface area (Å²) in [5.41, 5.74) is 8.07. The van der Waals surface area contributed by atoms with Crippen molar-refractivity contribution in [2.45, 2.75) is 45.1 Å². The number of halogens is 2. The molecule has 1 aromatic heterocycles. The lowest BCUT2D eigenvalue weighted by atomic mass is 10.1. The SMILES string of the molecule is CCn1c(C2CCCC2)nc(-c2ccc(Cl)c(Cl)c2)c1N. The molecule has 1 heterocycles. The van der Waals surface area contributed by atoms with Crippen LogP contribution in [0.25, 0.3) is 11.3 Å². The topological polar surface area (TPSA) is 43.8 Å². The summed E-state index contributed by atoms with van der Waals surface area (Å²) in [7, 11) is 0. The first kappa shape index (κ1) is 14.7. The van der Waals surface area contributed by atoms with E-state index in [0.717, 1.165) is 29.4 Å². The first-order valence-electron chi connectivity index (χ1n) is 7.43. The highest BCUT2D eigenvalue weighted by Crippen LogP contribution is 2.38. The Bertz CT molecular complexity index is 658. The van der Waals surface area contributed by atoms with Crippen LogP contribution in [0.2, 0.25) is 10.0 Å². The third kappa shape index (κ3) is 2.65. The van der Waals surface area contributed by atoms with Gasteiger partial charge in [-0.25, -0.2) is 4.98 Å². The van der Waals surface area contributed by atoms with Crippen LogP contribution in [0.5, 0.6) is 0 Å². The molecule has 0 unspecified atom stereocenters. The lowest BCUT2D eigenvalue weighted by Crippen LogP contribution is -2.08. The number of nitrogens with zero attached hydrogens (tertiary/aromatic N) is 2. The molecule has 0 saturated heterocycles. The van der Waals surface area contributed by atoms with Crippen molar-refractivity contribution in [1.82, 2.24) is 9.55 Å². The van der Waals surface area contributed by atoms with E-state index in [-0.39, 0.29) is 0 Å². The van der Waals surface area contributed by atoms with Crippen LogP contribution in [0, 0.1) is 0 Å². The molecule has 0 aliphatic heterocycles. The van der Waals surface area contributed by atoms with Crippen LogP contribution in [0.4, 0.5) is 5.82 Å². The highest BCUT2D eigenvalue weighted by atomic mass is 35.5. The summed E-state index contributed by atoms with van der Waals surface area (Å²) in [5, 5.41) is 1.08. The Kier molecular flexibility index (Phi) is 4.14. The summed E-state index contributed by atoms with van der Waals surface area (Å²) in [6.07, 6.45) is 4.97. The lowest BCUT2D eigenvalue weighted by molar-refractivity contribution is 0.604. The van der Waals surface area contributed by atoms with Crippen LogP contribution >= 0.6 is 23.2 Å². The minimum Gasteiger partial charge on any atom is -0.383 e. The van der Waals surface area contributed by atoms with Crippen molar-refractivity contribution < 1.29 is 0 Å². The first-order chi connectivity index (χ1) is 10.1. The van der Waals surface area contributed by atoms with E-state index in [2.05, 4.69) is 11.5 Å². The highest BCUT2D eigenvalue weighted by Gasteiger charge is 2.25. The fourth-order valence-corrected chi connectivity index (χ4v) is 3.47. The monoisotopic (exact) mass is 323 g/mol. The molecule has 3 rings (SSSR count). The van der Waals surface area contributed by atoms with Crippen LogP contribution in [-0.4, -0.2) is 9.55 Å². The van der Waals surface area contributed by atoms with E-state index in [1.54, 1.807) is 6.07 Å². The van der Waals surface area contributed by atoms with Crippen molar-refractivity contribution in [1.29, 1.82) is 0 Å². The van der Waals surface area contributed by atoms with Crippen LogP contribution < -0.4 is 5.73 Å². The number of rotatable bonds is 3. The van der Waals surface area contributed by atoms with Gasteiger partial charge in [0, 0.05) is 18.0 Å². The normalized spacial score (nSPS) is 15.8. The standard InChI is InChI=1S/C16H19Cl2N3/c1-2-21-15(19)14(11-7-8-12(17)13(18)9-11)20-16(21)10-5-3-4-6-10/h7-10H,2-6,19H2,1H3. The summed E-state index contributed by atoms with van der Waals surface area (Å²) >= 11 is 12.1. The molecule has 1 saturated carbocycles. The van der Waals surface area contributed by atoms with Crippen molar-refractivity contribution >= 4 is 29.0 Å². The number of nitrogen functional groups attached to an aromatic ring is 1. The van der Waals surface area contributed by atoms with E-state index in [1.165, 1.54) is 25.7 Å². The summed E-state index contributed by atoms with van der Waals surface area (Å²) < 4.78 is 2.13. The second-order valence-corrected chi connectivity index (χ2v) is 6.37. The zero-order chi connectivity index (χ0) is 15.0. The predicted octanol–water partition coefficient (Wildman–Crippen LogP) is 5.12. The van der Waals surface area contributed by atoms with Gasteiger partial charge < -0.3 is 10.3 Å². The highest BCUT2D eigenvalue weighted by molar-refractivity contribution is 6.42. The number of hydrogen-bond donors (Lipinski definition) is 1. The van der Waals surface area contributed by atoms with Crippen LogP contribution in [0.15, 0.2) is 18.2 Å². The molecule has 5 heteroatoms. The molecule has 2 aromatic rings. The minimum absolute atomic E-state index is 0.530. The molecule has 1 aromatic carbocycles. The largest absolute Gasteiger partial charge is 0.383 e. The Hall–Kier alpha value is -1.19. The smallest absolute Gasteiger partial charge is 0.131 e. The van der Waals surface area contributed by atoms with E-state index in [0.29, 0.717) is 16.0 Å². The average Bonchev–Trinajstić information content (AvgIpc) is 3.09. The third-order valence-corrected chi connectivity index (χ3v) is 5.00. The Balaban J connectivity index is 2.08.